The number of alkyl halides is 2. The lowest BCUT2D eigenvalue weighted by molar-refractivity contribution is -0.0111. The van der Waals surface area contributed by atoms with Gasteiger partial charge in [0, 0.05) is 28.9 Å². The van der Waals surface area contributed by atoms with Gasteiger partial charge in [-0.25, -0.2) is 8.78 Å². The Hall–Kier alpha value is -0.550. The third-order valence-corrected chi connectivity index (χ3v) is 2.02. The zero-order chi connectivity index (χ0) is 9.90. The van der Waals surface area contributed by atoms with E-state index in [1.165, 1.54) is 12.3 Å². The van der Waals surface area contributed by atoms with Gasteiger partial charge in [-0.3, -0.25) is 4.98 Å². The summed E-state index contributed by atoms with van der Waals surface area (Å²) < 4.78 is 26.9. The largest absolute Gasteiger partial charge is 0.330 e. The van der Waals surface area contributed by atoms with Crippen molar-refractivity contribution in [2.75, 3.05) is 6.54 Å². The van der Waals surface area contributed by atoms with E-state index in [2.05, 4.69) is 20.9 Å². The minimum atomic E-state index is -2.88. The van der Waals surface area contributed by atoms with E-state index in [9.17, 15) is 8.78 Å². The van der Waals surface area contributed by atoms with Crippen molar-refractivity contribution < 1.29 is 8.78 Å². The Kier molecular flexibility index (Phi) is 3.33. The third-order valence-electron chi connectivity index (χ3n) is 1.59. The lowest BCUT2D eigenvalue weighted by Gasteiger charge is -2.14. The van der Waals surface area contributed by atoms with Crippen molar-refractivity contribution >= 4 is 15.9 Å². The van der Waals surface area contributed by atoms with Crippen molar-refractivity contribution in [3.05, 3.63) is 28.5 Å². The Morgan fingerprint density at radius 3 is 2.69 bits per heavy atom. The summed E-state index contributed by atoms with van der Waals surface area (Å²) in [5.74, 6) is -2.88. The molecule has 0 amide bonds. The fraction of sp³-hybridized carbons (Fsp3) is 0.375. The molecule has 1 aromatic rings. The number of halogens is 3. The standard InChI is InChI=1S/C8H9BrF2N2/c9-7-3-6(4-13-5-7)8(10,11)1-2-12/h3-5H,1-2,12H2. The molecule has 0 saturated carbocycles. The maximum absolute atomic E-state index is 13.2. The van der Waals surface area contributed by atoms with Crippen LogP contribution in [0.2, 0.25) is 0 Å². The van der Waals surface area contributed by atoms with Crippen LogP contribution in [0.1, 0.15) is 12.0 Å². The Morgan fingerprint density at radius 2 is 2.15 bits per heavy atom. The highest BCUT2D eigenvalue weighted by molar-refractivity contribution is 9.10. The highest BCUT2D eigenvalue weighted by Crippen LogP contribution is 2.31. The molecule has 72 valence electrons. The molecule has 5 heteroatoms. The topological polar surface area (TPSA) is 38.9 Å². The van der Waals surface area contributed by atoms with Crippen molar-refractivity contribution in [3.8, 4) is 0 Å². The van der Waals surface area contributed by atoms with Crippen LogP contribution >= 0.6 is 15.9 Å². The molecule has 0 radical (unpaired) electrons. The van der Waals surface area contributed by atoms with Gasteiger partial charge in [0.2, 0.25) is 0 Å². The van der Waals surface area contributed by atoms with Crippen LogP contribution in [0.25, 0.3) is 0 Å². The van der Waals surface area contributed by atoms with Gasteiger partial charge in [0.25, 0.3) is 5.92 Å². The molecule has 0 aliphatic rings. The molecule has 2 nitrogen and oxygen atoms in total. The number of hydrogen-bond acceptors (Lipinski definition) is 2. The average Bonchev–Trinajstić information content (AvgIpc) is 2.04. The highest BCUT2D eigenvalue weighted by atomic mass is 79.9. The van der Waals surface area contributed by atoms with Gasteiger partial charge < -0.3 is 5.73 Å². The van der Waals surface area contributed by atoms with Gasteiger partial charge in [0.05, 0.1) is 0 Å². The molecule has 0 atom stereocenters. The number of nitrogens with zero attached hydrogens (tertiary/aromatic N) is 1. The summed E-state index contributed by atoms with van der Waals surface area (Å²) in [6.45, 7) is -0.0421. The number of hydrogen-bond donors (Lipinski definition) is 1. The number of pyridine rings is 1. The van der Waals surface area contributed by atoms with Crippen molar-refractivity contribution in [1.29, 1.82) is 0 Å². The highest BCUT2D eigenvalue weighted by Gasteiger charge is 2.30. The van der Waals surface area contributed by atoms with E-state index >= 15 is 0 Å². The van der Waals surface area contributed by atoms with E-state index in [0.717, 1.165) is 6.20 Å². The van der Waals surface area contributed by atoms with E-state index in [0.29, 0.717) is 4.47 Å². The summed E-state index contributed by atoms with van der Waals surface area (Å²) in [5, 5.41) is 0. The first-order chi connectivity index (χ1) is 6.06. The first-order valence-corrected chi connectivity index (χ1v) is 4.54. The predicted octanol–water partition coefficient (Wildman–Crippen LogP) is 2.28. The normalized spacial score (nSPS) is 11.7. The van der Waals surface area contributed by atoms with Crippen molar-refractivity contribution in [3.63, 3.8) is 0 Å². The average molecular weight is 251 g/mol. The summed E-state index contributed by atoms with van der Waals surface area (Å²) in [7, 11) is 0. The predicted molar refractivity (Wildman–Crippen MR) is 49.5 cm³/mol. The monoisotopic (exact) mass is 250 g/mol. The van der Waals surface area contributed by atoms with E-state index in [4.69, 9.17) is 5.73 Å². The minimum absolute atomic E-state index is 0.0421. The van der Waals surface area contributed by atoms with Crippen LogP contribution in [0.5, 0.6) is 0 Å². The molecule has 0 saturated heterocycles. The van der Waals surface area contributed by atoms with Gasteiger partial charge in [-0.15, -0.1) is 0 Å². The van der Waals surface area contributed by atoms with Crippen LogP contribution in [-0.2, 0) is 5.92 Å². The number of nitrogens with two attached hydrogens (primary N) is 1. The molecule has 1 aromatic heterocycles. The van der Waals surface area contributed by atoms with Crippen LogP contribution < -0.4 is 5.73 Å². The number of rotatable bonds is 3. The minimum Gasteiger partial charge on any atom is -0.330 e. The maximum atomic E-state index is 13.2. The molecule has 1 heterocycles. The number of aromatic nitrogens is 1. The second-order valence-electron chi connectivity index (χ2n) is 2.63. The van der Waals surface area contributed by atoms with Gasteiger partial charge in [-0.1, -0.05) is 0 Å². The molecule has 13 heavy (non-hydrogen) atoms. The fourth-order valence-corrected chi connectivity index (χ4v) is 1.30. The molecule has 0 bridgehead atoms. The van der Waals surface area contributed by atoms with Crippen LogP contribution in [-0.4, -0.2) is 11.5 Å². The van der Waals surface area contributed by atoms with E-state index in [-0.39, 0.29) is 18.5 Å². The van der Waals surface area contributed by atoms with Crippen molar-refractivity contribution in [1.82, 2.24) is 4.98 Å². The maximum Gasteiger partial charge on any atom is 0.275 e. The Bertz CT molecular complexity index is 291. The molecule has 1 rings (SSSR count). The SMILES string of the molecule is NCCC(F)(F)c1cncc(Br)c1. The van der Waals surface area contributed by atoms with E-state index in [1.54, 1.807) is 0 Å². The quantitative estimate of drug-likeness (QED) is 0.895. The van der Waals surface area contributed by atoms with Crippen LogP contribution in [0.3, 0.4) is 0 Å². The Labute approximate surface area is 83.3 Å². The summed E-state index contributed by atoms with van der Waals surface area (Å²) in [4.78, 5) is 3.67. The van der Waals surface area contributed by atoms with Crippen LogP contribution in [0, 0.1) is 0 Å². The van der Waals surface area contributed by atoms with E-state index < -0.39 is 5.92 Å². The van der Waals surface area contributed by atoms with Gasteiger partial charge in [0.1, 0.15) is 0 Å². The molecular weight excluding hydrogens is 242 g/mol. The zero-order valence-electron chi connectivity index (χ0n) is 6.80. The van der Waals surface area contributed by atoms with Crippen LogP contribution in [0.4, 0.5) is 8.78 Å². The Morgan fingerprint density at radius 1 is 1.46 bits per heavy atom. The summed E-state index contributed by atoms with van der Waals surface area (Å²) in [6.07, 6.45) is 2.26. The Balaban J connectivity index is 2.93. The fourth-order valence-electron chi connectivity index (χ4n) is 0.938. The van der Waals surface area contributed by atoms with Crippen molar-refractivity contribution in [2.45, 2.75) is 12.3 Å². The van der Waals surface area contributed by atoms with Crippen LogP contribution in [0.15, 0.2) is 22.9 Å². The van der Waals surface area contributed by atoms with Gasteiger partial charge in [-0.2, -0.15) is 0 Å². The summed E-state index contributed by atoms with van der Waals surface area (Å²) in [6, 6.07) is 1.35. The molecule has 0 spiro atoms. The second kappa shape index (κ2) is 4.11. The third kappa shape index (κ3) is 2.70. The molecule has 0 aliphatic carbocycles. The molecule has 0 fully saturated rings. The molecule has 0 aromatic carbocycles. The molecule has 2 N–H and O–H groups in total. The summed E-state index contributed by atoms with van der Waals surface area (Å²) in [5.41, 5.74) is 4.97. The lowest BCUT2D eigenvalue weighted by atomic mass is 10.1. The molecular formula is C8H9BrF2N2. The first-order valence-electron chi connectivity index (χ1n) is 3.75. The van der Waals surface area contributed by atoms with Gasteiger partial charge in [0.15, 0.2) is 0 Å². The lowest BCUT2D eigenvalue weighted by Crippen LogP contribution is -2.18. The molecule has 0 aliphatic heterocycles. The van der Waals surface area contributed by atoms with Gasteiger partial charge >= 0.3 is 0 Å². The first kappa shape index (κ1) is 10.5. The van der Waals surface area contributed by atoms with Gasteiger partial charge in [-0.05, 0) is 28.5 Å². The summed E-state index contributed by atoms with van der Waals surface area (Å²) >= 11 is 3.08. The van der Waals surface area contributed by atoms with E-state index in [1.807, 2.05) is 0 Å². The molecule has 0 unspecified atom stereocenters. The second-order valence-corrected chi connectivity index (χ2v) is 3.55. The zero-order valence-corrected chi connectivity index (χ0v) is 8.39. The van der Waals surface area contributed by atoms with Crippen molar-refractivity contribution in [2.24, 2.45) is 5.73 Å². The smallest absolute Gasteiger partial charge is 0.275 e.